The summed E-state index contributed by atoms with van der Waals surface area (Å²) in [7, 11) is 5.03. The molecule has 2 aromatic heterocycles. The second kappa shape index (κ2) is 8.21. The number of fused-ring (bicyclic) bond motifs is 1. The van der Waals surface area contributed by atoms with Crippen molar-refractivity contribution in [1.29, 1.82) is 0 Å². The number of aromatic nitrogens is 1. The van der Waals surface area contributed by atoms with Crippen LogP contribution in [0.3, 0.4) is 0 Å². The molecule has 0 aliphatic rings. The molecule has 0 atom stereocenters. The lowest BCUT2D eigenvalue weighted by Crippen LogP contribution is -2.15. The highest BCUT2D eigenvalue weighted by molar-refractivity contribution is 7.19. The van der Waals surface area contributed by atoms with Gasteiger partial charge in [0.05, 0.1) is 19.6 Å². The third-order valence-corrected chi connectivity index (χ3v) is 5.26. The average molecular weight is 359 g/mol. The number of pyridine rings is 1. The number of hydrogen-bond acceptors (Lipinski definition) is 4. The van der Waals surface area contributed by atoms with Crippen LogP contribution in [0.15, 0.2) is 35.3 Å². The van der Waals surface area contributed by atoms with Crippen LogP contribution >= 0.6 is 11.3 Å². The molecular weight excluding hydrogens is 334 g/mol. The third-order valence-electron chi connectivity index (χ3n) is 3.94. The molecule has 2 heterocycles. The highest BCUT2D eigenvalue weighted by atomic mass is 32.1. The summed E-state index contributed by atoms with van der Waals surface area (Å²) in [6, 6.07) is 7.83. The molecule has 0 fully saturated rings. The van der Waals surface area contributed by atoms with E-state index in [-0.39, 0.29) is 5.56 Å². The number of benzene rings is 1. The first-order chi connectivity index (χ1) is 12.1. The summed E-state index contributed by atoms with van der Waals surface area (Å²) in [4.78, 5) is 13.6. The molecule has 0 bridgehead atoms. The second-order valence-corrected chi connectivity index (χ2v) is 6.47. The van der Waals surface area contributed by atoms with E-state index in [9.17, 15) is 4.79 Å². The zero-order valence-corrected chi connectivity index (χ0v) is 16.5. The minimum absolute atomic E-state index is 0.0418. The lowest BCUT2D eigenvalue weighted by Gasteiger charge is -2.11. The van der Waals surface area contributed by atoms with Crippen LogP contribution in [-0.4, -0.2) is 18.8 Å². The van der Waals surface area contributed by atoms with E-state index in [1.807, 2.05) is 44.3 Å². The fourth-order valence-electron chi connectivity index (χ4n) is 2.69. The van der Waals surface area contributed by atoms with Crippen molar-refractivity contribution in [3.05, 3.63) is 45.7 Å². The highest BCUT2D eigenvalue weighted by Crippen LogP contribution is 2.37. The van der Waals surface area contributed by atoms with Crippen molar-refractivity contribution in [3.8, 4) is 22.6 Å². The van der Waals surface area contributed by atoms with Gasteiger partial charge in [0.25, 0.3) is 5.56 Å². The molecule has 3 rings (SSSR count). The van der Waals surface area contributed by atoms with Crippen LogP contribution in [0.1, 0.15) is 25.6 Å². The minimum Gasteiger partial charge on any atom is -0.493 e. The largest absolute Gasteiger partial charge is 0.493 e. The van der Waals surface area contributed by atoms with Gasteiger partial charge in [0.15, 0.2) is 11.5 Å². The molecule has 0 saturated heterocycles. The number of rotatable bonds is 4. The Bertz CT molecular complexity index is 925. The Kier molecular flexibility index (Phi) is 6.26. The zero-order chi connectivity index (χ0) is 18.6. The standard InChI is InChI=1S/C18H19NO3S.C2H6/c1-5-12-9-13-17(23-12)14(10-19(2)18(13)20)11-6-7-15(21-3)16(8-11)22-4;1-2/h6-10H,5H2,1-4H3;1-2H3. The van der Waals surface area contributed by atoms with Crippen molar-refractivity contribution < 1.29 is 9.47 Å². The molecule has 4 nitrogen and oxygen atoms in total. The molecule has 0 amide bonds. The maximum absolute atomic E-state index is 12.4. The minimum atomic E-state index is 0.0418. The Hall–Kier alpha value is -2.27. The van der Waals surface area contributed by atoms with Gasteiger partial charge in [-0.1, -0.05) is 26.8 Å². The topological polar surface area (TPSA) is 40.5 Å². The van der Waals surface area contributed by atoms with Gasteiger partial charge in [-0.3, -0.25) is 4.79 Å². The predicted octanol–water partition coefficient (Wildman–Crippen LogP) is 4.87. The lowest BCUT2D eigenvalue weighted by molar-refractivity contribution is 0.355. The van der Waals surface area contributed by atoms with Gasteiger partial charge in [0.1, 0.15) is 0 Å². The molecule has 0 spiro atoms. The van der Waals surface area contributed by atoms with Crippen LogP contribution in [0.2, 0.25) is 0 Å². The molecule has 0 N–H and O–H groups in total. The Balaban J connectivity index is 0.00000109. The molecule has 134 valence electrons. The van der Waals surface area contributed by atoms with E-state index >= 15 is 0 Å². The van der Waals surface area contributed by atoms with Crippen LogP contribution in [0.25, 0.3) is 21.2 Å². The lowest BCUT2D eigenvalue weighted by atomic mass is 10.1. The van der Waals surface area contributed by atoms with Crippen molar-refractivity contribution in [2.45, 2.75) is 27.2 Å². The maximum Gasteiger partial charge on any atom is 0.259 e. The van der Waals surface area contributed by atoms with E-state index < -0.39 is 0 Å². The summed E-state index contributed by atoms with van der Waals surface area (Å²) >= 11 is 1.68. The number of ether oxygens (including phenoxy) is 2. The number of thiophene rings is 1. The van der Waals surface area contributed by atoms with Crippen LogP contribution in [0, 0.1) is 0 Å². The van der Waals surface area contributed by atoms with Gasteiger partial charge in [-0.15, -0.1) is 11.3 Å². The fourth-order valence-corrected chi connectivity index (χ4v) is 3.81. The molecule has 0 aliphatic carbocycles. The van der Waals surface area contributed by atoms with E-state index in [1.54, 1.807) is 37.2 Å². The Morgan fingerprint density at radius 3 is 2.36 bits per heavy atom. The van der Waals surface area contributed by atoms with E-state index in [0.717, 1.165) is 27.6 Å². The number of hydrogen-bond donors (Lipinski definition) is 0. The SMILES string of the molecule is CC.CCc1cc2c(=O)n(C)cc(-c3ccc(OC)c(OC)c3)c2s1. The molecule has 25 heavy (non-hydrogen) atoms. The smallest absolute Gasteiger partial charge is 0.259 e. The van der Waals surface area contributed by atoms with E-state index in [4.69, 9.17) is 9.47 Å². The summed E-state index contributed by atoms with van der Waals surface area (Å²) in [5.41, 5.74) is 2.08. The van der Waals surface area contributed by atoms with Crippen LogP contribution in [0.5, 0.6) is 11.5 Å². The second-order valence-electron chi connectivity index (χ2n) is 5.34. The van der Waals surface area contributed by atoms with Crippen molar-refractivity contribution >= 4 is 21.4 Å². The Morgan fingerprint density at radius 1 is 1.08 bits per heavy atom. The molecule has 0 radical (unpaired) electrons. The first-order valence-corrected chi connectivity index (χ1v) is 9.25. The van der Waals surface area contributed by atoms with Gasteiger partial charge in [-0.05, 0) is 30.2 Å². The van der Waals surface area contributed by atoms with Crippen LogP contribution in [-0.2, 0) is 13.5 Å². The third kappa shape index (κ3) is 3.56. The zero-order valence-electron chi connectivity index (χ0n) is 15.7. The first kappa shape index (κ1) is 19.1. The normalized spacial score (nSPS) is 10.3. The molecule has 0 unspecified atom stereocenters. The quantitative estimate of drug-likeness (QED) is 0.667. The fraction of sp³-hybridized carbons (Fsp3) is 0.350. The maximum atomic E-state index is 12.4. The van der Waals surface area contributed by atoms with Crippen molar-refractivity contribution in [3.63, 3.8) is 0 Å². The van der Waals surface area contributed by atoms with Gasteiger partial charge < -0.3 is 14.0 Å². The van der Waals surface area contributed by atoms with Crippen LogP contribution in [0.4, 0.5) is 0 Å². The summed E-state index contributed by atoms with van der Waals surface area (Å²) in [6.45, 7) is 6.10. The van der Waals surface area contributed by atoms with Crippen LogP contribution < -0.4 is 15.0 Å². The highest BCUT2D eigenvalue weighted by Gasteiger charge is 2.14. The van der Waals surface area contributed by atoms with E-state index in [0.29, 0.717) is 11.5 Å². The number of methoxy groups -OCH3 is 2. The van der Waals surface area contributed by atoms with Gasteiger partial charge in [0.2, 0.25) is 0 Å². The first-order valence-electron chi connectivity index (χ1n) is 8.43. The molecule has 1 aromatic carbocycles. The van der Waals surface area contributed by atoms with Crippen molar-refractivity contribution in [1.82, 2.24) is 4.57 Å². The summed E-state index contributed by atoms with van der Waals surface area (Å²) < 4.78 is 13.4. The van der Waals surface area contributed by atoms with Gasteiger partial charge >= 0.3 is 0 Å². The number of nitrogens with zero attached hydrogens (tertiary/aromatic N) is 1. The molecule has 3 aromatic rings. The van der Waals surface area contributed by atoms with Gasteiger partial charge in [0, 0.05) is 28.4 Å². The van der Waals surface area contributed by atoms with Crippen molar-refractivity contribution in [2.24, 2.45) is 7.05 Å². The Morgan fingerprint density at radius 2 is 1.76 bits per heavy atom. The summed E-state index contributed by atoms with van der Waals surface area (Å²) in [5.74, 6) is 1.37. The molecular formula is C20H25NO3S. The van der Waals surface area contributed by atoms with Gasteiger partial charge in [-0.2, -0.15) is 0 Å². The molecule has 0 saturated carbocycles. The Labute approximate surface area is 152 Å². The van der Waals surface area contributed by atoms with E-state index in [1.165, 1.54) is 4.88 Å². The van der Waals surface area contributed by atoms with E-state index in [2.05, 4.69) is 6.92 Å². The number of aryl methyl sites for hydroxylation is 2. The predicted molar refractivity (Wildman–Crippen MR) is 106 cm³/mol. The monoisotopic (exact) mass is 359 g/mol. The summed E-state index contributed by atoms with van der Waals surface area (Å²) in [5, 5.41) is 0.779. The van der Waals surface area contributed by atoms with Gasteiger partial charge in [-0.25, -0.2) is 0 Å². The average Bonchev–Trinajstić information content (AvgIpc) is 3.10. The molecule has 0 aliphatic heterocycles. The molecule has 5 heteroatoms. The van der Waals surface area contributed by atoms with Crippen molar-refractivity contribution in [2.75, 3.05) is 14.2 Å². The summed E-state index contributed by atoms with van der Waals surface area (Å²) in [6.07, 6.45) is 2.82.